The van der Waals surface area contributed by atoms with E-state index in [1.54, 1.807) is 18.2 Å². The van der Waals surface area contributed by atoms with Crippen molar-refractivity contribution in [1.82, 2.24) is 0 Å². The zero-order chi connectivity index (χ0) is 14.2. The summed E-state index contributed by atoms with van der Waals surface area (Å²) in [6.45, 7) is 0.283. The molecule has 0 unspecified atom stereocenters. The van der Waals surface area contributed by atoms with Gasteiger partial charge in [0.1, 0.15) is 18.1 Å². The van der Waals surface area contributed by atoms with Gasteiger partial charge in [-0.1, -0.05) is 12.1 Å². The standard InChI is InChI=1S/C14H10F3NO2/c15-14(16,17)20-10-6-5-9-8-19-13-4-2-1-3-11(13)18-12(9)7-10/h1-7,18H,8H2. The van der Waals surface area contributed by atoms with Crippen LogP contribution in [0.1, 0.15) is 5.56 Å². The van der Waals surface area contributed by atoms with Crippen molar-refractivity contribution in [3.63, 3.8) is 0 Å². The highest BCUT2D eigenvalue weighted by atomic mass is 19.4. The monoisotopic (exact) mass is 281 g/mol. The number of para-hydroxylation sites is 2. The Hall–Kier alpha value is -2.37. The Balaban J connectivity index is 1.94. The minimum absolute atomic E-state index is 0.261. The fraction of sp³-hybridized carbons (Fsp3) is 0.143. The van der Waals surface area contributed by atoms with Crippen LogP contribution >= 0.6 is 0 Å². The molecule has 0 fully saturated rings. The van der Waals surface area contributed by atoms with Gasteiger partial charge in [0.2, 0.25) is 0 Å². The van der Waals surface area contributed by atoms with Crippen molar-refractivity contribution >= 4 is 11.4 Å². The van der Waals surface area contributed by atoms with E-state index >= 15 is 0 Å². The van der Waals surface area contributed by atoms with Crippen molar-refractivity contribution < 1.29 is 22.6 Å². The van der Waals surface area contributed by atoms with Crippen LogP contribution in [0.5, 0.6) is 11.5 Å². The zero-order valence-electron chi connectivity index (χ0n) is 10.2. The molecule has 0 aromatic heterocycles. The van der Waals surface area contributed by atoms with Crippen LogP contribution in [-0.2, 0) is 6.61 Å². The number of ether oxygens (including phenoxy) is 2. The van der Waals surface area contributed by atoms with Gasteiger partial charge in [-0.25, -0.2) is 0 Å². The Morgan fingerprint density at radius 2 is 1.85 bits per heavy atom. The van der Waals surface area contributed by atoms with E-state index in [1.165, 1.54) is 12.1 Å². The molecule has 0 radical (unpaired) electrons. The van der Waals surface area contributed by atoms with Crippen molar-refractivity contribution in [3.05, 3.63) is 48.0 Å². The van der Waals surface area contributed by atoms with E-state index in [2.05, 4.69) is 10.1 Å². The summed E-state index contributed by atoms with van der Waals surface area (Å²) in [7, 11) is 0. The molecule has 0 bridgehead atoms. The molecule has 104 valence electrons. The number of anilines is 2. The summed E-state index contributed by atoms with van der Waals surface area (Å²) in [6.07, 6.45) is -4.70. The fourth-order valence-corrected chi connectivity index (χ4v) is 1.99. The average molecular weight is 281 g/mol. The quantitative estimate of drug-likeness (QED) is 0.848. The first-order valence-corrected chi connectivity index (χ1v) is 5.89. The molecule has 0 atom stereocenters. The maximum Gasteiger partial charge on any atom is 0.573 e. The second-order valence-corrected chi connectivity index (χ2v) is 4.28. The molecule has 1 aliphatic heterocycles. The summed E-state index contributed by atoms with van der Waals surface area (Å²) < 4.78 is 46.2. The van der Waals surface area contributed by atoms with Crippen molar-refractivity contribution in [1.29, 1.82) is 0 Å². The van der Waals surface area contributed by atoms with Gasteiger partial charge in [-0.15, -0.1) is 13.2 Å². The molecule has 3 nitrogen and oxygen atoms in total. The van der Waals surface area contributed by atoms with Gasteiger partial charge in [0.05, 0.1) is 5.69 Å². The SMILES string of the molecule is FC(F)(F)Oc1ccc2c(c1)Nc1ccccc1OC2. The van der Waals surface area contributed by atoms with Crippen molar-refractivity contribution in [3.8, 4) is 11.5 Å². The number of alkyl halides is 3. The molecular weight excluding hydrogens is 271 g/mol. The van der Waals surface area contributed by atoms with Crippen molar-refractivity contribution in [2.24, 2.45) is 0 Å². The number of benzene rings is 2. The lowest BCUT2D eigenvalue weighted by Gasteiger charge is -2.12. The first-order chi connectivity index (χ1) is 9.51. The maximum absolute atomic E-state index is 12.2. The Morgan fingerprint density at radius 3 is 2.65 bits per heavy atom. The van der Waals surface area contributed by atoms with E-state index in [-0.39, 0.29) is 12.4 Å². The third-order valence-corrected chi connectivity index (χ3v) is 2.85. The van der Waals surface area contributed by atoms with Gasteiger partial charge in [-0.3, -0.25) is 0 Å². The second kappa shape index (κ2) is 4.63. The number of hydrogen-bond donors (Lipinski definition) is 1. The van der Waals surface area contributed by atoms with Gasteiger partial charge in [-0.05, 0) is 24.3 Å². The molecule has 2 aromatic carbocycles. The van der Waals surface area contributed by atoms with E-state index in [0.717, 1.165) is 5.56 Å². The van der Waals surface area contributed by atoms with Crippen LogP contribution < -0.4 is 14.8 Å². The molecule has 0 aliphatic carbocycles. The largest absolute Gasteiger partial charge is 0.573 e. The summed E-state index contributed by atoms with van der Waals surface area (Å²) in [5.41, 5.74) is 2.00. The molecule has 0 amide bonds. The van der Waals surface area contributed by atoms with Gasteiger partial charge in [0.25, 0.3) is 0 Å². The second-order valence-electron chi connectivity index (χ2n) is 4.28. The number of nitrogens with one attached hydrogen (secondary N) is 1. The molecule has 0 spiro atoms. The van der Waals surface area contributed by atoms with Crippen LogP contribution in [0.2, 0.25) is 0 Å². The lowest BCUT2D eigenvalue weighted by molar-refractivity contribution is -0.274. The van der Waals surface area contributed by atoms with Crippen LogP contribution in [0, 0.1) is 0 Å². The van der Waals surface area contributed by atoms with Gasteiger partial charge in [-0.2, -0.15) is 0 Å². The first-order valence-electron chi connectivity index (χ1n) is 5.89. The molecule has 1 aliphatic rings. The Morgan fingerprint density at radius 1 is 1.05 bits per heavy atom. The van der Waals surface area contributed by atoms with Crippen LogP contribution in [0.3, 0.4) is 0 Å². The Labute approximate surface area is 112 Å². The van der Waals surface area contributed by atoms with Gasteiger partial charge in [0.15, 0.2) is 0 Å². The molecule has 0 saturated carbocycles. The summed E-state index contributed by atoms with van der Waals surface area (Å²) in [5, 5.41) is 3.06. The Bertz CT molecular complexity index is 641. The number of rotatable bonds is 1. The van der Waals surface area contributed by atoms with Crippen LogP contribution in [0.25, 0.3) is 0 Å². The summed E-state index contributed by atoms with van der Waals surface area (Å²) in [6, 6.07) is 11.4. The lowest BCUT2D eigenvalue weighted by atomic mass is 10.1. The summed E-state index contributed by atoms with van der Waals surface area (Å²) in [4.78, 5) is 0. The Kier molecular flexibility index (Phi) is 2.93. The molecule has 0 saturated heterocycles. The predicted molar refractivity (Wildman–Crippen MR) is 67.2 cm³/mol. The summed E-state index contributed by atoms with van der Waals surface area (Å²) in [5.74, 6) is 0.394. The van der Waals surface area contributed by atoms with Crippen LogP contribution in [0.4, 0.5) is 24.5 Å². The number of fused-ring (bicyclic) bond motifs is 2. The minimum Gasteiger partial charge on any atom is -0.487 e. The minimum atomic E-state index is -4.70. The van der Waals surface area contributed by atoms with Gasteiger partial charge in [0, 0.05) is 17.3 Å². The van der Waals surface area contributed by atoms with Crippen molar-refractivity contribution in [2.45, 2.75) is 13.0 Å². The molecule has 1 heterocycles. The highest BCUT2D eigenvalue weighted by Gasteiger charge is 2.31. The third-order valence-electron chi connectivity index (χ3n) is 2.85. The molecular formula is C14H10F3NO2. The predicted octanol–water partition coefficient (Wildman–Crippen LogP) is 4.22. The van der Waals surface area contributed by atoms with Crippen molar-refractivity contribution in [2.75, 3.05) is 5.32 Å². The first kappa shape index (κ1) is 12.7. The topological polar surface area (TPSA) is 30.5 Å². The molecule has 3 rings (SSSR count). The van der Waals surface area contributed by atoms with E-state index in [4.69, 9.17) is 4.74 Å². The summed E-state index contributed by atoms with van der Waals surface area (Å²) >= 11 is 0. The number of hydrogen-bond acceptors (Lipinski definition) is 3. The average Bonchev–Trinajstić information content (AvgIpc) is 2.55. The fourth-order valence-electron chi connectivity index (χ4n) is 1.99. The molecule has 1 N–H and O–H groups in total. The van der Waals surface area contributed by atoms with Gasteiger partial charge < -0.3 is 14.8 Å². The van der Waals surface area contributed by atoms with E-state index in [1.807, 2.05) is 12.1 Å². The van der Waals surface area contributed by atoms with E-state index in [0.29, 0.717) is 17.1 Å². The third kappa shape index (κ3) is 2.64. The van der Waals surface area contributed by atoms with E-state index in [9.17, 15) is 13.2 Å². The molecule has 20 heavy (non-hydrogen) atoms. The zero-order valence-corrected chi connectivity index (χ0v) is 10.2. The highest BCUT2D eigenvalue weighted by molar-refractivity contribution is 5.70. The van der Waals surface area contributed by atoms with Gasteiger partial charge >= 0.3 is 6.36 Å². The number of halogens is 3. The normalized spacial score (nSPS) is 13.3. The van der Waals surface area contributed by atoms with E-state index < -0.39 is 6.36 Å². The van der Waals surface area contributed by atoms with Crippen LogP contribution in [-0.4, -0.2) is 6.36 Å². The maximum atomic E-state index is 12.2. The van der Waals surface area contributed by atoms with Crippen LogP contribution in [0.15, 0.2) is 42.5 Å². The molecule has 2 aromatic rings. The molecule has 6 heteroatoms. The smallest absolute Gasteiger partial charge is 0.487 e. The highest BCUT2D eigenvalue weighted by Crippen LogP contribution is 2.36. The lowest BCUT2D eigenvalue weighted by Crippen LogP contribution is -2.17.